The van der Waals surface area contributed by atoms with Gasteiger partial charge in [-0.25, -0.2) is 4.98 Å². The number of nitrogen functional groups attached to an aromatic ring is 1. The van der Waals surface area contributed by atoms with Crippen LogP contribution in [0, 0.1) is 0 Å². The molecule has 0 saturated carbocycles. The number of nitrogens with two attached hydrogens (primary N) is 1. The lowest BCUT2D eigenvalue weighted by Crippen LogP contribution is -1.89. The van der Waals surface area contributed by atoms with Crippen LogP contribution < -0.4 is 5.73 Å². The Kier molecular flexibility index (Phi) is 2.99. The molecule has 15 heavy (non-hydrogen) atoms. The predicted molar refractivity (Wildman–Crippen MR) is 62.8 cm³/mol. The van der Waals surface area contributed by atoms with Gasteiger partial charge in [0.1, 0.15) is 0 Å². The number of hydrogen-bond acceptors (Lipinski definition) is 4. The van der Waals surface area contributed by atoms with E-state index < -0.39 is 0 Å². The van der Waals surface area contributed by atoms with Gasteiger partial charge in [-0.05, 0) is 12.1 Å². The second-order valence-corrected chi connectivity index (χ2v) is 4.17. The molecule has 0 aliphatic carbocycles. The third-order valence-corrected chi connectivity index (χ3v) is 2.97. The number of anilines is 1. The van der Waals surface area contributed by atoms with Crippen molar-refractivity contribution < 1.29 is 5.11 Å². The summed E-state index contributed by atoms with van der Waals surface area (Å²) >= 11 is 1.56. The lowest BCUT2D eigenvalue weighted by molar-refractivity contribution is 0.299. The summed E-state index contributed by atoms with van der Waals surface area (Å²) in [5.41, 5.74) is 8.39. The zero-order chi connectivity index (χ0) is 10.7. The summed E-state index contributed by atoms with van der Waals surface area (Å²) in [5, 5.41) is 11.7. The molecule has 0 unspecified atom stereocenters. The Morgan fingerprint density at radius 2 is 2.27 bits per heavy atom. The summed E-state index contributed by atoms with van der Waals surface area (Å²) in [6.07, 6.45) is 0.618. The minimum absolute atomic E-state index is 0.143. The van der Waals surface area contributed by atoms with Crippen molar-refractivity contribution in [2.75, 3.05) is 12.3 Å². The van der Waals surface area contributed by atoms with Crippen LogP contribution in [-0.4, -0.2) is 16.7 Å². The molecular weight excluding hydrogens is 208 g/mol. The Labute approximate surface area is 92.2 Å². The molecule has 0 amide bonds. The maximum absolute atomic E-state index is 8.79. The van der Waals surface area contributed by atoms with Gasteiger partial charge in [0.2, 0.25) is 0 Å². The Morgan fingerprint density at radius 1 is 1.40 bits per heavy atom. The van der Waals surface area contributed by atoms with Crippen LogP contribution in [0.5, 0.6) is 0 Å². The van der Waals surface area contributed by atoms with Crippen molar-refractivity contribution in [3.05, 3.63) is 34.7 Å². The Bertz CT molecular complexity index is 453. The fraction of sp³-hybridized carbons (Fsp3) is 0.182. The molecule has 4 heteroatoms. The number of benzene rings is 1. The van der Waals surface area contributed by atoms with E-state index in [1.165, 1.54) is 0 Å². The summed E-state index contributed by atoms with van der Waals surface area (Å²) in [6, 6.07) is 7.64. The second kappa shape index (κ2) is 4.42. The monoisotopic (exact) mass is 220 g/mol. The molecule has 3 N–H and O–H groups in total. The molecule has 0 saturated heterocycles. The average Bonchev–Trinajstić information content (AvgIpc) is 2.67. The molecule has 1 aromatic heterocycles. The molecule has 78 valence electrons. The van der Waals surface area contributed by atoms with Crippen LogP contribution in [0.3, 0.4) is 0 Å². The maximum atomic E-state index is 8.79. The minimum Gasteiger partial charge on any atom is -0.399 e. The molecule has 1 aromatic carbocycles. The number of thiazole rings is 1. The van der Waals surface area contributed by atoms with E-state index in [2.05, 4.69) is 4.98 Å². The van der Waals surface area contributed by atoms with Crippen molar-refractivity contribution >= 4 is 17.0 Å². The lowest BCUT2D eigenvalue weighted by Gasteiger charge is -1.97. The van der Waals surface area contributed by atoms with Gasteiger partial charge in [0.25, 0.3) is 0 Å². The number of aliphatic hydroxyl groups is 1. The molecular formula is C11H12N2OS. The highest BCUT2D eigenvalue weighted by Gasteiger charge is 2.03. The van der Waals surface area contributed by atoms with E-state index in [9.17, 15) is 0 Å². The van der Waals surface area contributed by atoms with Crippen LogP contribution in [0.2, 0.25) is 0 Å². The third kappa shape index (κ3) is 2.34. The van der Waals surface area contributed by atoms with E-state index in [4.69, 9.17) is 10.8 Å². The fourth-order valence-corrected chi connectivity index (χ4v) is 2.15. The van der Waals surface area contributed by atoms with Crippen LogP contribution in [0.1, 0.15) is 5.01 Å². The molecule has 0 aliphatic rings. The molecule has 3 nitrogen and oxygen atoms in total. The maximum Gasteiger partial charge on any atom is 0.0955 e. The first-order chi connectivity index (χ1) is 7.29. The molecule has 0 atom stereocenters. The average molecular weight is 220 g/mol. The highest BCUT2D eigenvalue weighted by molar-refractivity contribution is 7.09. The molecule has 2 rings (SSSR count). The third-order valence-electron chi connectivity index (χ3n) is 2.06. The molecule has 0 radical (unpaired) electrons. The highest BCUT2D eigenvalue weighted by atomic mass is 32.1. The van der Waals surface area contributed by atoms with E-state index in [0.29, 0.717) is 6.42 Å². The first kappa shape index (κ1) is 10.1. The van der Waals surface area contributed by atoms with Gasteiger partial charge in [-0.2, -0.15) is 0 Å². The Morgan fingerprint density at radius 3 is 3.00 bits per heavy atom. The van der Waals surface area contributed by atoms with Crippen LogP contribution in [-0.2, 0) is 6.42 Å². The molecule has 0 spiro atoms. The van der Waals surface area contributed by atoms with Crippen LogP contribution in [0.25, 0.3) is 11.3 Å². The van der Waals surface area contributed by atoms with E-state index >= 15 is 0 Å². The summed E-state index contributed by atoms with van der Waals surface area (Å²) in [7, 11) is 0. The van der Waals surface area contributed by atoms with Gasteiger partial charge < -0.3 is 10.8 Å². The SMILES string of the molecule is Nc1cccc(-c2csc(CCO)n2)c1. The molecule has 0 bridgehead atoms. The molecule has 1 heterocycles. The fourth-order valence-electron chi connectivity index (χ4n) is 1.35. The Balaban J connectivity index is 2.29. The zero-order valence-electron chi connectivity index (χ0n) is 8.18. The van der Waals surface area contributed by atoms with E-state index in [0.717, 1.165) is 22.0 Å². The summed E-state index contributed by atoms with van der Waals surface area (Å²) < 4.78 is 0. The number of nitrogens with zero attached hydrogens (tertiary/aromatic N) is 1. The van der Waals surface area contributed by atoms with Gasteiger partial charge in [-0.3, -0.25) is 0 Å². The highest BCUT2D eigenvalue weighted by Crippen LogP contribution is 2.23. The van der Waals surface area contributed by atoms with Gasteiger partial charge >= 0.3 is 0 Å². The summed E-state index contributed by atoms with van der Waals surface area (Å²) in [6.45, 7) is 0.143. The van der Waals surface area contributed by atoms with Gasteiger partial charge in [0.05, 0.1) is 10.7 Å². The van der Waals surface area contributed by atoms with Crippen molar-refractivity contribution in [1.82, 2.24) is 4.98 Å². The lowest BCUT2D eigenvalue weighted by atomic mass is 10.1. The first-order valence-corrected chi connectivity index (χ1v) is 5.59. The van der Waals surface area contributed by atoms with Crippen molar-refractivity contribution in [2.45, 2.75) is 6.42 Å². The number of aliphatic hydroxyl groups excluding tert-OH is 1. The van der Waals surface area contributed by atoms with Gasteiger partial charge in [-0.15, -0.1) is 11.3 Å². The summed E-state index contributed by atoms with van der Waals surface area (Å²) in [4.78, 5) is 4.41. The second-order valence-electron chi connectivity index (χ2n) is 3.23. The standard InChI is InChI=1S/C11H12N2OS/c12-9-3-1-2-8(6-9)10-7-15-11(13-10)4-5-14/h1-3,6-7,14H,4-5,12H2. The van der Waals surface area contributed by atoms with Crippen LogP contribution in [0.15, 0.2) is 29.6 Å². The van der Waals surface area contributed by atoms with Gasteiger partial charge in [0.15, 0.2) is 0 Å². The molecule has 0 fully saturated rings. The van der Waals surface area contributed by atoms with E-state index in [-0.39, 0.29) is 6.61 Å². The Hall–Kier alpha value is -1.39. The normalized spacial score (nSPS) is 10.5. The quantitative estimate of drug-likeness (QED) is 0.777. The zero-order valence-corrected chi connectivity index (χ0v) is 9.00. The molecule has 0 aliphatic heterocycles. The largest absolute Gasteiger partial charge is 0.399 e. The van der Waals surface area contributed by atoms with Crippen LogP contribution in [0.4, 0.5) is 5.69 Å². The van der Waals surface area contributed by atoms with Crippen LogP contribution >= 0.6 is 11.3 Å². The van der Waals surface area contributed by atoms with E-state index in [1.54, 1.807) is 11.3 Å². The number of aromatic nitrogens is 1. The summed E-state index contributed by atoms with van der Waals surface area (Å²) in [5.74, 6) is 0. The van der Waals surface area contributed by atoms with Crippen molar-refractivity contribution in [3.8, 4) is 11.3 Å². The molecule has 2 aromatic rings. The van der Waals surface area contributed by atoms with Crippen molar-refractivity contribution in [3.63, 3.8) is 0 Å². The van der Waals surface area contributed by atoms with Gasteiger partial charge in [0, 0.05) is 29.7 Å². The van der Waals surface area contributed by atoms with Gasteiger partial charge in [-0.1, -0.05) is 12.1 Å². The van der Waals surface area contributed by atoms with E-state index in [1.807, 2.05) is 29.6 Å². The predicted octanol–water partition coefficient (Wildman–Crippen LogP) is 1.93. The number of hydrogen-bond donors (Lipinski definition) is 2. The smallest absolute Gasteiger partial charge is 0.0955 e. The minimum atomic E-state index is 0.143. The van der Waals surface area contributed by atoms with Crippen molar-refractivity contribution in [2.24, 2.45) is 0 Å². The van der Waals surface area contributed by atoms with Crippen molar-refractivity contribution in [1.29, 1.82) is 0 Å². The first-order valence-electron chi connectivity index (χ1n) is 4.71. The number of rotatable bonds is 3. The topological polar surface area (TPSA) is 59.1 Å².